The zero-order chi connectivity index (χ0) is 21.2. The highest BCUT2D eigenvalue weighted by Crippen LogP contribution is 2.27. The summed E-state index contributed by atoms with van der Waals surface area (Å²) in [4.78, 5) is 37.2. The topological polar surface area (TPSA) is 95.1 Å². The molecule has 1 saturated heterocycles. The molecule has 2 aromatic rings. The summed E-state index contributed by atoms with van der Waals surface area (Å²) in [5, 5.41) is 4.83. The van der Waals surface area contributed by atoms with Gasteiger partial charge >= 0.3 is 6.03 Å². The normalized spacial score (nSPS) is 19.8. The highest BCUT2D eigenvalue weighted by molar-refractivity contribution is 6.08. The van der Waals surface area contributed by atoms with Crippen LogP contribution in [-0.4, -0.2) is 29.4 Å². The number of quaternary nitrogens is 1. The molecule has 0 spiro atoms. The summed E-state index contributed by atoms with van der Waals surface area (Å²) in [6.07, 6.45) is 0. The van der Waals surface area contributed by atoms with E-state index in [4.69, 9.17) is 0 Å². The van der Waals surface area contributed by atoms with Crippen molar-refractivity contribution < 1.29 is 28.5 Å². The number of imide groups is 1. The minimum absolute atomic E-state index is 0.126. The molecule has 7 nitrogen and oxygen atoms in total. The van der Waals surface area contributed by atoms with Gasteiger partial charge in [-0.05, 0) is 37.6 Å². The van der Waals surface area contributed by atoms with Gasteiger partial charge in [-0.3, -0.25) is 15.0 Å². The first-order valence-corrected chi connectivity index (χ1v) is 9.02. The van der Waals surface area contributed by atoms with Crippen LogP contribution in [0, 0.1) is 11.6 Å². The van der Waals surface area contributed by atoms with E-state index in [9.17, 15) is 23.2 Å². The van der Waals surface area contributed by atoms with Crippen LogP contribution in [-0.2, 0) is 15.1 Å². The number of halogens is 2. The van der Waals surface area contributed by atoms with E-state index in [1.54, 1.807) is 49.5 Å². The first-order chi connectivity index (χ1) is 13.7. The molecule has 1 fully saturated rings. The molecule has 1 heterocycles. The molecule has 0 saturated carbocycles. The summed E-state index contributed by atoms with van der Waals surface area (Å²) in [5.74, 6) is -3.10. The van der Waals surface area contributed by atoms with Crippen molar-refractivity contribution in [3.8, 4) is 0 Å². The first kappa shape index (κ1) is 20.4. The molecule has 4 amide bonds. The van der Waals surface area contributed by atoms with Crippen LogP contribution in [0.15, 0.2) is 48.5 Å². The number of hydrazine groups is 1. The predicted molar refractivity (Wildman–Crippen MR) is 98.9 cm³/mol. The zero-order valence-corrected chi connectivity index (χ0v) is 15.9. The summed E-state index contributed by atoms with van der Waals surface area (Å²) in [5.41, 5.74) is 2.11. The summed E-state index contributed by atoms with van der Waals surface area (Å²) in [6.45, 7) is 3.16. The molecule has 4 N–H and O–H groups in total. The first-order valence-electron chi connectivity index (χ1n) is 9.02. The maximum absolute atomic E-state index is 13.4. The Bertz CT molecular complexity index is 954. The van der Waals surface area contributed by atoms with Crippen molar-refractivity contribution in [2.75, 3.05) is 6.54 Å². The van der Waals surface area contributed by atoms with Gasteiger partial charge in [0, 0.05) is 5.56 Å². The molecule has 9 heteroatoms. The lowest BCUT2D eigenvalue weighted by Crippen LogP contribution is -2.87. The second-order valence-electron chi connectivity index (χ2n) is 7.00. The van der Waals surface area contributed by atoms with Gasteiger partial charge in [-0.1, -0.05) is 30.3 Å². The SMILES string of the molecule is C[C@@H]([NH2+]CC(=O)NN1C(=O)N[C@](C)(c2ccccc2)C1=O)c1ccc(F)c(F)c1. The Morgan fingerprint density at radius 2 is 1.86 bits per heavy atom. The molecule has 0 radical (unpaired) electrons. The molecule has 1 aliphatic rings. The molecule has 0 bridgehead atoms. The fourth-order valence-electron chi connectivity index (χ4n) is 3.09. The minimum Gasteiger partial charge on any atom is -0.332 e. The third-order valence-corrected chi connectivity index (χ3v) is 4.90. The third kappa shape index (κ3) is 4.09. The second-order valence-corrected chi connectivity index (χ2v) is 7.00. The fourth-order valence-corrected chi connectivity index (χ4v) is 3.09. The van der Waals surface area contributed by atoms with Crippen LogP contribution in [0.3, 0.4) is 0 Å². The lowest BCUT2D eigenvalue weighted by atomic mass is 9.92. The highest BCUT2D eigenvalue weighted by atomic mass is 19.2. The van der Waals surface area contributed by atoms with E-state index in [1.807, 2.05) is 0 Å². The van der Waals surface area contributed by atoms with Crippen LogP contribution < -0.4 is 16.1 Å². The Labute approximate surface area is 166 Å². The van der Waals surface area contributed by atoms with E-state index >= 15 is 0 Å². The van der Waals surface area contributed by atoms with E-state index in [0.29, 0.717) is 16.1 Å². The number of amides is 4. The molecule has 0 aromatic heterocycles. The number of benzene rings is 2. The highest BCUT2D eigenvalue weighted by Gasteiger charge is 2.50. The zero-order valence-electron chi connectivity index (χ0n) is 15.9. The van der Waals surface area contributed by atoms with Crippen molar-refractivity contribution >= 4 is 17.8 Å². The van der Waals surface area contributed by atoms with Crippen molar-refractivity contribution in [2.45, 2.75) is 25.4 Å². The summed E-state index contributed by atoms with van der Waals surface area (Å²) in [7, 11) is 0. The van der Waals surface area contributed by atoms with Crippen LogP contribution in [0.2, 0.25) is 0 Å². The molecule has 3 rings (SSSR count). The van der Waals surface area contributed by atoms with Crippen molar-refractivity contribution in [1.29, 1.82) is 0 Å². The third-order valence-electron chi connectivity index (χ3n) is 4.90. The van der Waals surface area contributed by atoms with Gasteiger partial charge in [0.15, 0.2) is 18.2 Å². The van der Waals surface area contributed by atoms with Crippen LogP contribution in [0.1, 0.15) is 31.0 Å². The largest absolute Gasteiger partial charge is 0.344 e. The second kappa shape index (κ2) is 7.96. The van der Waals surface area contributed by atoms with E-state index in [2.05, 4.69) is 10.7 Å². The molecule has 29 heavy (non-hydrogen) atoms. The Balaban J connectivity index is 1.61. The molecular formula is C20H21F2N4O3+. The van der Waals surface area contributed by atoms with Gasteiger partial charge in [-0.15, -0.1) is 0 Å². The maximum Gasteiger partial charge on any atom is 0.344 e. The monoisotopic (exact) mass is 403 g/mol. The van der Waals surface area contributed by atoms with Gasteiger partial charge in [0.05, 0.1) is 0 Å². The molecule has 0 unspecified atom stereocenters. The number of rotatable bonds is 6. The Kier molecular flexibility index (Phi) is 5.60. The van der Waals surface area contributed by atoms with Gasteiger partial charge in [0.1, 0.15) is 11.6 Å². The number of carbonyl (C=O) groups excluding carboxylic acids is 3. The lowest BCUT2D eigenvalue weighted by molar-refractivity contribution is -0.682. The molecule has 152 valence electrons. The number of urea groups is 1. The summed E-state index contributed by atoms with van der Waals surface area (Å²) < 4.78 is 26.4. The summed E-state index contributed by atoms with van der Waals surface area (Å²) >= 11 is 0. The van der Waals surface area contributed by atoms with E-state index in [1.165, 1.54) is 6.07 Å². The van der Waals surface area contributed by atoms with Crippen LogP contribution in [0.5, 0.6) is 0 Å². The minimum atomic E-state index is -1.28. The Morgan fingerprint density at radius 1 is 1.17 bits per heavy atom. The van der Waals surface area contributed by atoms with Gasteiger partial charge in [-0.2, -0.15) is 5.01 Å². The average molecular weight is 403 g/mol. The molecule has 2 aromatic carbocycles. The molecule has 1 aliphatic heterocycles. The van der Waals surface area contributed by atoms with E-state index in [0.717, 1.165) is 12.1 Å². The van der Waals surface area contributed by atoms with Crippen molar-refractivity contribution in [1.82, 2.24) is 15.8 Å². The number of nitrogens with zero attached hydrogens (tertiary/aromatic N) is 1. The van der Waals surface area contributed by atoms with Crippen molar-refractivity contribution in [3.63, 3.8) is 0 Å². The average Bonchev–Trinajstić information content (AvgIpc) is 2.93. The number of nitrogens with two attached hydrogens (primary N) is 1. The Hall–Kier alpha value is -3.33. The van der Waals surface area contributed by atoms with Gasteiger partial charge in [0.2, 0.25) is 0 Å². The number of carbonyl (C=O) groups is 3. The lowest BCUT2D eigenvalue weighted by Gasteiger charge is -2.22. The van der Waals surface area contributed by atoms with Crippen LogP contribution in [0.4, 0.5) is 13.6 Å². The van der Waals surface area contributed by atoms with Crippen molar-refractivity contribution in [3.05, 3.63) is 71.3 Å². The smallest absolute Gasteiger partial charge is 0.332 e. The fraction of sp³-hybridized carbons (Fsp3) is 0.250. The quantitative estimate of drug-likeness (QED) is 0.630. The number of nitrogens with one attached hydrogen (secondary N) is 2. The standard InChI is InChI=1S/C20H20F2N4O3/c1-12(13-8-9-15(21)16(22)10-13)23-11-17(27)25-26-18(28)20(2,24-19(26)29)14-6-4-3-5-7-14/h3-10,12,23H,11H2,1-2H3,(H,24,29)(H,25,27)/p+1/t12-,20-/m1/s1. The predicted octanol–water partition coefficient (Wildman–Crippen LogP) is 1.09. The van der Waals surface area contributed by atoms with E-state index < -0.39 is 35.0 Å². The van der Waals surface area contributed by atoms with Gasteiger partial charge < -0.3 is 10.6 Å². The molecule has 2 atom stereocenters. The number of hydrogen-bond acceptors (Lipinski definition) is 3. The van der Waals surface area contributed by atoms with Gasteiger partial charge in [-0.25, -0.2) is 13.6 Å². The maximum atomic E-state index is 13.4. The molecule has 0 aliphatic carbocycles. The van der Waals surface area contributed by atoms with Gasteiger partial charge in [0.25, 0.3) is 11.8 Å². The van der Waals surface area contributed by atoms with Crippen LogP contribution >= 0.6 is 0 Å². The number of hydrogen-bond donors (Lipinski definition) is 3. The molecular weight excluding hydrogens is 382 g/mol. The Morgan fingerprint density at radius 3 is 2.52 bits per heavy atom. The summed E-state index contributed by atoms with van der Waals surface area (Å²) in [6, 6.07) is 11.1. The van der Waals surface area contributed by atoms with Crippen LogP contribution in [0.25, 0.3) is 0 Å². The van der Waals surface area contributed by atoms with E-state index in [-0.39, 0.29) is 12.6 Å². The van der Waals surface area contributed by atoms with Crippen molar-refractivity contribution in [2.24, 2.45) is 0 Å².